The first-order chi connectivity index (χ1) is 8.82. The Balaban J connectivity index is 2.79. The first-order valence-corrected chi connectivity index (χ1v) is 7.13. The Morgan fingerprint density at radius 2 is 2.16 bits per heavy atom. The number of carboxylic acids is 1. The zero-order valence-corrected chi connectivity index (χ0v) is 12.1. The lowest BCUT2D eigenvalue weighted by Gasteiger charge is -2.38. The summed E-state index contributed by atoms with van der Waals surface area (Å²) in [6, 6.07) is -0.640. The van der Waals surface area contributed by atoms with Gasteiger partial charge in [0.05, 0.1) is 6.04 Å². The molecule has 1 rings (SSSR count). The number of carboxylic acid groups (broad SMARTS) is 1. The van der Waals surface area contributed by atoms with Crippen molar-refractivity contribution in [1.82, 2.24) is 5.32 Å². The number of nitrogens with one attached hydrogen (secondary N) is 1. The Hall–Kier alpha value is -1.10. The van der Waals surface area contributed by atoms with Gasteiger partial charge in [-0.05, 0) is 24.7 Å². The molecule has 0 heterocycles. The van der Waals surface area contributed by atoms with E-state index >= 15 is 0 Å². The molecular formula is C14H26N2O3. The molecule has 4 N–H and O–H groups in total. The summed E-state index contributed by atoms with van der Waals surface area (Å²) in [5, 5.41) is 12.2. The Morgan fingerprint density at radius 3 is 2.63 bits per heavy atom. The number of hydrogen-bond acceptors (Lipinski definition) is 3. The van der Waals surface area contributed by atoms with Crippen molar-refractivity contribution in [1.29, 1.82) is 0 Å². The molecule has 0 aromatic heterocycles. The van der Waals surface area contributed by atoms with E-state index in [2.05, 4.69) is 5.32 Å². The molecule has 5 nitrogen and oxygen atoms in total. The molecule has 1 fully saturated rings. The fourth-order valence-electron chi connectivity index (χ4n) is 2.74. The van der Waals surface area contributed by atoms with Gasteiger partial charge in [-0.2, -0.15) is 0 Å². The maximum absolute atomic E-state index is 12.1. The molecule has 1 amide bonds. The molecule has 0 bridgehead atoms. The number of amides is 1. The number of rotatable bonds is 5. The Labute approximate surface area is 114 Å². The van der Waals surface area contributed by atoms with Gasteiger partial charge in [0.2, 0.25) is 5.91 Å². The molecular weight excluding hydrogens is 244 g/mol. The largest absolute Gasteiger partial charge is 0.480 e. The van der Waals surface area contributed by atoms with Crippen LogP contribution in [0, 0.1) is 11.8 Å². The van der Waals surface area contributed by atoms with Gasteiger partial charge in [0.1, 0.15) is 5.54 Å². The highest BCUT2D eigenvalue weighted by molar-refractivity contribution is 5.89. The highest BCUT2D eigenvalue weighted by Gasteiger charge is 2.44. The third-order valence-corrected chi connectivity index (χ3v) is 4.33. The second-order valence-corrected chi connectivity index (χ2v) is 5.99. The normalized spacial score (nSPS) is 30.4. The van der Waals surface area contributed by atoms with Gasteiger partial charge >= 0.3 is 5.97 Å². The van der Waals surface area contributed by atoms with Crippen LogP contribution in [0.3, 0.4) is 0 Å². The lowest BCUT2D eigenvalue weighted by Crippen LogP contribution is -2.60. The molecule has 0 radical (unpaired) electrons. The van der Waals surface area contributed by atoms with Crippen molar-refractivity contribution in [3.8, 4) is 0 Å². The molecule has 4 atom stereocenters. The van der Waals surface area contributed by atoms with E-state index in [0.717, 1.165) is 19.3 Å². The molecule has 5 heteroatoms. The highest BCUT2D eigenvalue weighted by atomic mass is 16.4. The monoisotopic (exact) mass is 270 g/mol. The summed E-state index contributed by atoms with van der Waals surface area (Å²) in [7, 11) is 0. The number of carbonyl (C=O) groups excluding carboxylic acids is 1. The van der Waals surface area contributed by atoms with Crippen LogP contribution >= 0.6 is 0 Å². The van der Waals surface area contributed by atoms with Crippen LogP contribution in [-0.4, -0.2) is 28.6 Å². The second-order valence-electron chi connectivity index (χ2n) is 5.99. The number of carbonyl (C=O) groups is 2. The van der Waals surface area contributed by atoms with Gasteiger partial charge in [0, 0.05) is 0 Å². The SMILES string of the molecule is CCC(C)C(N)C(=O)NC1(C(=O)O)CCCC(C)C1. The van der Waals surface area contributed by atoms with E-state index in [4.69, 9.17) is 5.73 Å². The fourth-order valence-corrected chi connectivity index (χ4v) is 2.74. The molecule has 1 aliphatic carbocycles. The van der Waals surface area contributed by atoms with E-state index in [-0.39, 0.29) is 11.8 Å². The topological polar surface area (TPSA) is 92.4 Å². The van der Waals surface area contributed by atoms with Crippen molar-refractivity contribution in [2.75, 3.05) is 0 Å². The minimum atomic E-state index is -1.13. The average molecular weight is 270 g/mol. The molecule has 4 unspecified atom stereocenters. The summed E-state index contributed by atoms with van der Waals surface area (Å²) in [5.74, 6) is -0.925. The summed E-state index contributed by atoms with van der Waals surface area (Å²) in [6.07, 6.45) is 3.62. The Bertz CT molecular complexity index is 346. The Morgan fingerprint density at radius 1 is 1.53 bits per heavy atom. The van der Waals surface area contributed by atoms with Gasteiger partial charge in [-0.3, -0.25) is 4.79 Å². The van der Waals surface area contributed by atoms with Crippen LogP contribution in [0.1, 0.15) is 52.9 Å². The molecule has 0 saturated heterocycles. The van der Waals surface area contributed by atoms with E-state index in [0.29, 0.717) is 18.8 Å². The summed E-state index contributed by atoms with van der Waals surface area (Å²) in [6.45, 7) is 5.90. The van der Waals surface area contributed by atoms with Crippen LogP contribution in [-0.2, 0) is 9.59 Å². The summed E-state index contributed by atoms with van der Waals surface area (Å²) >= 11 is 0. The van der Waals surface area contributed by atoms with E-state index in [1.807, 2.05) is 20.8 Å². The summed E-state index contributed by atoms with van der Waals surface area (Å²) in [5.41, 5.74) is 4.75. The standard InChI is InChI=1S/C14H26N2O3/c1-4-10(3)11(15)12(17)16-14(13(18)19)7-5-6-9(2)8-14/h9-11H,4-8,15H2,1-3H3,(H,16,17)(H,18,19). The van der Waals surface area contributed by atoms with E-state index < -0.39 is 17.6 Å². The minimum absolute atomic E-state index is 0.0480. The van der Waals surface area contributed by atoms with Crippen molar-refractivity contribution in [3.05, 3.63) is 0 Å². The van der Waals surface area contributed by atoms with Crippen LogP contribution in [0.4, 0.5) is 0 Å². The predicted molar refractivity (Wildman–Crippen MR) is 73.6 cm³/mol. The van der Waals surface area contributed by atoms with Crippen LogP contribution < -0.4 is 11.1 Å². The molecule has 19 heavy (non-hydrogen) atoms. The zero-order valence-electron chi connectivity index (χ0n) is 12.1. The van der Waals surface area contributed by atoms with Gasteiger partial charge in [-0.25, -0.2) is 4.79 Å². The minimum Gasteiger partial charge on any atom is -0.480 e. The first kappa shape index (κ1) is 16.0. The van der Waals surface area contributed by atoms with Gasteiger partial charge in [0.25, 0.3) is 0 Å². The van der Waals surface area contributed by atoms with Crippen molar-refractivity contribution in [2.24, 2.45) is 17.6 Å². The number of aliphatic carboxylic acids is 1. The van der Waals surface area contributed by atoms with E-state index in [1.54, 1.807) is 0 Å². The van der Waals surface area contributed by atoms with Gasteiger partial charge < -0.3 is 16.2 Å². The molecule has 110 valence electrons. The summed E-state index contributed by atoms with van der Waals surface area (Å²) < 4.78 is 0. The lowest BCUT2D eigenvalue weighted by molar-refractivity contribution is -0.150. The average Bonchev–Trinajstić information content (AvgIpc) is 2.36. The highest BCUT2D eigenvalue weighted by Crippen LogP contribution is 2.32. The van der Waals surface area contributed by atoms with Crippen LogP contribution in [0.2, 0.25) is 0 Å². The smallest absolute Gasteiger partial charge is 0.329 e. The first-order valence-electron chi connectivity index (χ1n) is 7.13. The Kier molecular flexibility index (Phi) is 5.35. The molecule has 1 aliphatic rings. The molecule has 0 aromatic carbocycles. The molecule has 0 aromatic rings. The van der Waals surface area contributed by atoms with Crippen LogP contribution in [0.25, 0.3) is 0 Å². The van der Waals surface area contributed by atoms with Crippen LogP contribution in [0.5, 0.6) is 0 Å². The summed E-state index contributed by atoms with van der Waals surface area (Å²) in [4.78, 5) is 23.7. The van der Waals surface area contributed by atoms with Gasteiger partial charge in [-0.1, -0.05) is 40.0 Å². The molecule has 1 saturated carbocycles. The number of hydrogen-bond donors (Lipinski definition) is 3. The van der Waals surface area contributed by atoms with Crippen LogP contribution in [0.15, 0.2) is 0 Å². The lowest BCUT2D eigenvalue weighted by atomic mass is 9.76. The van der Waals surface area contributed by atoms with Crippen molar-refractivity contribution in [3.63, 3.8) is 0 Å². The maximum atomic E-state index is 12.1. The third-order valence-electron chi connectivity index (χ3n) is 4.33. The second kappa shape index (κ2) is 6.37. The van der Waals surface area contributed by atoms with E-state index in [1.165, 1.54) is 0 Å². The van der Waals surface area contributed by atoms with Crippen molar-refractivity contribution in [2.45, 2.75) is 64.5 Å². The predicted octanol–water partition coefficient (Wildman–Crippen LogP) is 1.51. The fraction of sp³-hybridized carbons (Fsp3) is 0.857. The van der Waals surface area contributed by atoms with Gasteiger partial charge in [-0.15, -0.1) is 0 Å². The maximum Gasteiger partial charge on any atom is 0.329 e. The van der Waals surface area contributed by atoms with Gasteiger partial charge in [0.15, 0.2) is 0 Å². The zero-order chi connectivity index (χ0) is 14.6. The van der Waals surface area contributed by atoms with Crippen molar-refractivity contribution < 1.29 is 14.7 Å². The molecule has 0 aliphatic heterocycles. The third kappa shape index (κ3) is 3.69. The van der Waals surface area contributed by atoms with E-state index in [9.17, 15) is 14.7 Å². The number of nitrogens with two attached hydrogens (primary N) is 1. The van der Waals surface area contributed by atoms with Crippen molar-refractivity contribution >= 4 is 11.9 Å². The quantitative estimate of drug-likeness (QED) is 0.706. The molecule has 0 spiro atoms.